The number of fused-ring (bicyclic) bond motifs is 5. The van der Waals surface area contributed by atoms with Crippen LogP contribution in [0.25, 0.3) is 66.1 Å². The summed E-state index contributed by atoms with van der Waals surface area (Å²) in [6.07, 6.45) is 0.990. The van der Waals surface area contributed by atoms with Gasteiger partial charge in [0.1, 0.15) is 0 Å². The van der Waals surface area contributed by atoms with E-state index in [0.29, 0.717) is 0 Å². The summed E-state index contributed by atoms with van der Waals surface area (Å²) in [5.41, 5.74) is 24.7. The molecule has 0 radical (unpaired) electrons. The molecule has 0 N–H and O–H groups in total. The predicted molar refractivity (Wildman–Crippen MR) is 204 cm³/mol. The molecule has 0 saturated carbocycles. The second-order valence-electron chi connectivity index (χ2n) is 13.8. The molecule has 0 atom stereocenters. The zero-order valence-electron chi connectivity index (χ0n) is 28.9. The van der Waals surface area contributed by atoms with Crippen molar-refractivity contribution in [2.75, 3.05) is 0 Å². The Morgan fingerprint density at radius 3 is 1.26 bits per heavy atom. The van der Waals surface area contributed by atoms with Crippen LogP contribution < -0.4 is 0 Å². The van der Waals surface area contributed by atoms with Gasteiger partial charge in [-0.05, 0) is 183 Å². The molecule has 0 aliphatic heterocycles. The highest BCUT2D eigenvalue weighted by molar-refractivity contribution is 6.27. The minimum Gasteiger partial charge on any atom is -0.0622 e. The van der Waals surface area contributed by atoms with Crippen molar-refractivity contribution in [3.63, 3.8) is 0 Å². The van der Waals surface area contributed by atoms with Crippen LogP contribution in [-0.4, -0.2) is 0 Å². The molecule has 0 amide bonds. The van der Waals surface area contributed by atoms with E-state index in [-0.39, 0.29) is 0 Å². The Labute approximate surface area is 279 Å². The van der Waals surface area contributed by atoms with Gasteiger partial charge < -0.3 is 0 Å². The molecule has 0 spiro atoms. The van der Waals surface area contributed by atoms with Crippen LogP contribution in [0.3, 0.4) is 0 Å². The van der Waals surface area contributed by atoms with Crippen molar-refractivity contribution < 1.29 is 0 Å². The van der Waals surface area contributed by atoms with Gasteiger partial charge in [0.05, 0.1) is 0 Å². The lowest BCUT2D eigenvalue weighted by atomic mass is 9.75. The van der Waals surface area contributed by atoms with Gasteiger partial charge in [-0.2, -0.15) is 0 Å². The zero-order chi connectivity index (χ0) is 32.7. The zero-order valence-corrected chi connectivity index (χ0v) is 28.9. The quantitative estimate of drug-likeness (QED) is 0.176. The van der Waals surface area contributed by atoms with E-state index < -0.39 is 0 Å². The molecule has 0 saturated heterocycles. The maximum Gasteiger partial charge on any atom is -0.00132 e. The molecule has 0 bridgehead atoms. The summed E-state index contributed by atoms with van der Waals surface area (Å²) in [6, 6.07) is 36.1. The van der Waals surface area contributed by atoms with Crippen LogP contribution in [0.4, 0.5) is 0 Å². The van der Waals surface area contributed by atoms with Gasteiger partial charge in [0.15, 0.2) is 0 Å². The summed E-state index contributed by atoms with van der Waals surface area (Å²) in [4.78, 5) is 0. The fourth-order valence-electron chi connectivity index (χ4n) is 8.63. The van der Waals surface area contributed by atoms with Crippen molar-refractivity contribution in [3.8, 4) is 44.5 Å². The van der Waals surface area contributed by atoms with E-state index in [1.807, 2.05) is 0 Å². The van der Waals surface area contributed by atoms with E-state index in [1.165, 1.54) is 122 Å². The molecule has 7 aromatic carbocycles. The number of aryl methyl sites for hydroxylation is 4. The standard InChI is InChI=1S/C47H42/c1-26-28(3)32(7)43-41(30(26)5)46(39-23-15-14-21-37(39)34-17-10-9-11-18-34)42-31(6)27(2)29(4)33(8)44(42)47(43)40-24-16-20-36-25-35-19-12-13-22-38(35)45(36)40/h9-24H,25H2,1-8H3. The molecular formula is C47H42. The third kappa shape index (κ3) is 4.14. The lowest BCUT2D eigenvalue weighted by Crippen LogP contribution is -2.04. The average Bonchev–Trinajstić information content (AvgIpc) is 3.49. The monoisotopic (exact) mass is 606 g/mol. The van der Waals surface area contributed by atoms with Gasteiger partial charge in [0.2, 0.25) is 0 Å². The van der Waals surface area contributed by atoms with Crippen molar-refractivity contribution in [2.24, 2.45) is 0 Å². The van der Waals surface area contributed by atoms with Crippen molar-refractivity contribution in [2.45, 2.75) is 61.8 Å². The maximum atomic E-state index is 2.40. The first-order valence-electron chi connectivity index (χ1n) is 17.0. The molecular weight excluding hydrogens is 565 g/mol. The minimum atomic E-state index is 0.990. The summed E-state index contributed by atoms with van der Waals surface area (Å²) >= 11 is 0. The molecule has 1 aliphatic carbocycles. The van der Waals surface area contributed by atoms with Crippen LogP contribution in [-0.2, 0) is 6.42 Å². The van der Waals surface area contributed by atoms with E-state index in [1.54, 1.807) is 0 Å². The summed E-state index contributed by atoms with van der Waals surface area (Å²) in [6.45, 7) is 18.8. The van der Waals surface area contributed by atoms with E-state index in [9.17, 15) is 0 Å². The highest BCUT2D eigenvalue weighted by Crippen LogP contribution is 2.54. The molecule has 1 aliphatic rings. The van der Waals surface area contributed by atoms with E-state index >= 15 is 0 Å². The van der Waals surface area contributed by atoms with Crippen molar-refractivity contribution >= 4 is 21.5 Å². The Bertz CT molecular complexity index is 2350. The van der Waals surface area contributed by atoms with Gasteiger partial charge in [0, 0.05) is 0 Å². The van der Waals surface area contributed by atoms with Gasteiger partial charge in [-0.1, -0.05) is 97.1 Å². The first-order valence-corrected chi connectivity index (χ1v) is 17.0. The Balaban J connectivity index is 1.69. The Kier molecular flexibility index (Phi) is 6.78. The molecule has 7 aromatic rings. The highest BCUT2D eigenvalue weighted by atomic mass is 14.3. The summed E-state index contributed by atoms with van der Waals surface area (Å²) in [7, 11) is 0. The van der Waals surface area contributed by atoms with Crippen LogP contribution in [0.15, 0.2) is 97.1 Å². The molecule has 0 unspecified atom stereocenters. The molecule has 47 heavy (non-hydrogen) atoms. The van der Waals surface area contributed by atoms with Gasteiger partial charge >= 0.3 is 0 Å². The molecule has 230 valence electrons. The molecule has 0 heterocycles. The molecule has 0 heteroatoms. The maximum absolute atomic E-state index is 2.40. The normalized spacial score (nSPS) is 12.2. The van der Waals surface area contributed by atoms with Crippen LogP contribution in [0.2, 0.25) is 0 Å². The van der Waals surface area contributed by atoms with Crippen LogP contribution >= 0.6 is 0 Å². The summed E-state index contributed by atoms with van der Waals surface area (Å²) in [5.74, 6) is 0. The van der Waals surface area contributed by atoms with Crippen LogP contribution in [0.5, 0.6) is 0 Å². The third-order valence-electron chi connectivity index (χ3n) is 11.7. The Hall–Kier alpha value is -4.94. The minimum absolute atomic E-state index is 0.990. The van der Waals surface area contributed by atoms with E-state index in [4.69, 9.17) is 0 Å². The molecule has 8 rings (SSSR count). The second kappa shape index (κ2) is 10.8. The molecule has 0 fully saturated rings. The topological polar surface area (TPSA) is 0 Å². The number of benzene rings is 7. The lowest BCUT2D eigenvalue weighted by molar-refractivity contribution is 1.24. The van der Waals surface area contributed by atoms with Crippen molar-refractivity contribution in [1.29, 1.82) is 0 Å². The SMILES string of the molecule is Cc1c(C)c(C)c2c(-c3cccc4c3-c3ccccc3C4)c3c(C)c(C)c(C)c(C)c3c(-c3ccccc3-c3ccccc3)c2c1C. The van der Waals surface area contributed by atoms with Crippen molar-refractivity contribution in [3.05, 3.63) is 153 Å². The van der Waals surface area contributed by atoms with Gasteiger partial charge in [-0.15, -0.1) is 0 Å². The van der Waals surface area contributed by atoms with Gasteiger partial charge in [-0.25, -0.2) is 0 Å². The second-order valence-corrected chi connectivity index (χ2v) is 13.8. The fourth-order valence-corrected chi connectivity index (χ4v) is 8.63. The van der Waals surface area contributed by atoms with Crippen LogP contribution in [0, 0.1) is 55.4 Å². The number of hydrogen-bond donors (Lipinski definition) is 0. The predicted octanol–water partition coefficient (Wildman–Crippen LogP) is 13.0. The molecule has 0 aromatic heterocycles. The average molecular weight is 607 g/mol. The van der Waals surface area contributed by atoms with E-state index in [2.05, 4.69) is 152 Å². The van der Waals surface area contributed by atoms with Crippen LogP contribution in [0.1, 0.15) is 55.6 Å². The smallest absolute Gasteiger partial charge is 0.00132 e. The Morgan fingerprint density at radius 2 is 0.702 bits per heavy atom. The number of rotatable bonds is 3. The Morgan fingerprint density at radius 1 is 0.298 bits per heavy atom. The highest BCUT2D eigenvalue weighted by Gasteiger charge is 2.29. The van der Waals surface area contributed by atoms with Gasteiger partial charge in [0.25, 0.3) is 0 Å². The summed E-state index contributed by atoms with van der Waals surface area (Å²) < 4.78 is 0. The first kappa shape index (κ1) is 29.5. The lowest BCUT2D eigenvalue weighted by Gasteiger charge is -2.28. The first-order chi connectivity index (χ1) is 22.7. The fraction of sp³-hybridized carbons (Fsp3) is 0.191. The third-order valence-corrected chi connectivity index (χ3v) is 11.7. The summed E-state index contributed by atoms with van der Waals surface area (Å²) in [5, 5.41) is 5.59. The van der Waals surface area contributed by atoms with E-state index in [0.717, 1.165) is 6.42 Å². The van der Waals surface area contributed by atoms with Crippen molar-refractivity contribution in [1.82, 2.24) is 0 Å². The van der Waals surface area contributed by atoms with Gasteiger partial charge in [-0.3, -0.25) is 0 Å². The number of hydrogen-bond acceptors (Lipinski definition) is 0. The molecule has 0 nitrogen and oxygen atoms in total. The largest absolute Gasteiger partial charge is 0.0622 e.